The molecule has 2 rings (SSSR count). The molecule has 1 aliphatic rings. The molecule has 2 N–H and O–H groups in total. The van der Waals surface area contributed by atoms with Crippen LogP contribution in [0.25, 0.3) is 0 Å². The van der Waals surface area contributed by atoms with Gasteiger partial charge in [0.25, 0.3) is 0 Å². The van der Waals surface area contributed by atoms with Crippen molar-refractivity contribution in [1.29, 1.82) is 0 Å². The topological polar surface area (TPSA) is 79.3 Å². The maximum absolute atomic E-state index is 11.6. The molecule has 1 aromatic rings. The van der Waals surface area contributed by atoms with Crippen LogP contribution in [-0.2, 0) is 16.2 Å². The molecule has 1 aromatic heterocycles. The molecular formula is C11H12N2O3. The van der Waals surface area contributed by atoms with E-state index in [-0.39, 0.29) is 24.3 Å². The molecule has 2 heterocycles. The number of pyridine rings is 1. The summed E-state index contributed by atoms with van der Waals surface area (Å²) in [6, 6.07) is 3.38. The summed E-state index contributed by atoms with van der Waals surface area (Å²) < 4.78 is 0. The summed E-state index contributed by atoms with van der Waals surface area (Å²) in [5.74, 6) is -0.928. The van der Waals surface area contributed by atoms with Gasteiger partial charge < -0.3 is 5.11 Å². The smallest absolute Gasteiger partial charge is 0.235 e. The van der Waals surface area contributed by atoms with E-state index in [9.17, 15) is 9.59 Å². The lowest BCUT2D eigenvalue weighted by Crippen LogP contribution is -2.39. The van der Waals surface area contributed by atoms with Crippen molar-refractivity contribution in [3.8, 4) is 0 Å². The second-order valence-electron chi connectivity index (χ2n) is 3.75. The third kappa shape index (κ3) is 2.09. The predicted octanol–water partition coefficient (Wildman–Crippen LogP) is 0.0941. The van der Waals surface area contributed by atoms with Crippen molar-refractivity contribution in [2.75, 3.05) is 0 Å². The van der Waals surface area contributed by atoms with Crippen LogP contribution in [-0.4, -0.2) is 21.9 Å². The number of piperidine rings is 1. The third-order valence-corrected chi connectivity index (χ3v) is 2.62. The zero-order chi connectivity index (χ0) is 11.5. The van der Waals surface area contributed by atoms with Crippen LogP contribution in [0, 0.1) is 0 Å². The first-order chi connectivity index (χ1) is 7.70. The summed E-state index contributed by atoms with van der Waals surface area (Å²) in [7, 11) is 0. The maximum atomic E-state index is 11.6. The Kier molecular flexibility index (Phi) is 2.96. The van der Waals surface area contributed by atoms with Gasteiger partial charge in [0.1, 0.15) is 0 Å². The van der Waals surface area contributed by atoms with Gasteiger partial charge in [0, 0.05) is 12.6 Å². The fourth-order valence-corrected chi connectivity index (χ4v) is 1.76. The lowest BCUT2D eigenvalue weighted by Gasteiger charge is -2.20. The van der Waals surface area contributed by atoms with E-state index in [1.807, 2.05) is 0 Å². The zero-order valence-electron chi connectivity index (χ0n) is 8.64. The molecule has 0 bridgehead atoms. The van der Waals surface area contributed by atoms with Crippen LogP contribution >= 0.6 is 0 Å². The second-order valence-corrected chi connectivity index (χ2v) is 3.75. The number of carbonyl (C=O) groups excluding carboxylic acids is 2. The molecule has 84 valence electrons. The highest BCUT2D eigenvalue weighted by molar-refractivity contribution is 6.00. The van der Waals surface area contributed by atoms with E-state index in [4.69, 9.17) is 5.11 Å². The molecule has 0 aliphatic carbocycles. The molecule has 0 radical (unpaired) electrons. The van der Waals surface area contributed by atoms with Crippen LogP contribution in [0.2, 0.25) is 0 Å². The number of imide groups is 1. The number of amides is 2. The van der Waals surface area contributed by atoms with Gasteiger partial charge in [-0.25, -0.2) is 0 Å². The Morgan fingerprint density at radius 1 is 1.50 bits per heavy atom. The monoisotopic (exact) mass is 220 g/mol. The minimum atomic E-state index is -0.385. The highest BCUT2D eigenvalue weighted by Crippen LogP contribution is 2.23. The maximum Gasteiger partial charge on any atom is 0.235 e. The van der Waals surface area contributed by atoms with Crippen molar-refractivity contribution in [1.82, 2.24) is 10.3 Å². The SMILES string of the molecule is O=C1CCC(c2cc(CO)ccn2)C(=O)N1. The summed E-state index contributed by atoms with van der Waals surface area (Å²) in [4.78, 5) is 26.7. The Hall–Kier alpha value is -1.75. The molecule has 1 saturated heterocycles. The Morgan fingerprint density at radius 3 is 3.00 bits per heavy atom. The average molecular weight is 220 g/mol. The number of aromatic nitrogens is 1. The minimum absolute atomic E-state index is 0.0806. The highest BCUT2D eigenvalue weighted by Gasteiger charge is 2.28. The lowest BCUT2D eigenvalue weighted by molar-refractivity contribution is -0.134. The molecule has 1 unspecified atom stereocenters. The van der Waals surface area contributed by atoms with Gasteiger partial charge in [-0.3, -0.25) is 19.9 Å². The van der Waals surface area contributed by atoms with Gasteiger partial charge in [-0.1, -0.05) is 0 Å². The van der Waals surface area contributed by atoms with E-state index in [1.54, 1.807) is 18.3 Å². The number of nitrogens with zero attached hydrogens (tertiary/aromatic N) is 1. The van der Waals surface area contributed by atoms with Crippen LogP contribution in [0.15, 0.2) is 18.3 Å². The predicted molar refractivity (Wildman–Crippen MR) is 55.3 cm³/mol. The van der Waals surface area contributed by atoms with E-state index in [1.165, 1.54) is 0 Å². The van der Waals surface area contributed by atoms with Crippen molar-refractivity contribution in [2.24, 2.45) is 0 Å². The zero-order valence-corrected chi connectivity index (χ0v) is 8.64. The number of rotatable bonds is 2. The van der Waals surface area contributed by atoms with E-state index < -0.39 is 0 Å². The van der Waals surface area contributed by atoms with E-state index in [0.29, 0.717) is 18.5 Å². The van der Waals surface area contributed by atoms with Gasteiger partial charge in [-0.05, 0) is 24.1 Å². The summed E-state index contributed by atoms with van der Waals surface area (Å²) in [5.41, 5.74) is 1.33. The number of aliphatic hydroxyl groups is 1. The summed E-state index contributed by atoms with van der Waals surface area (Å²) in [6.07, 6.45) is 2.37. The summed E-state index contributed by atoms with van der Waals surface area (Å²) in [5, 5.41) is 11.3. The Bertz CT molecular complexity index is 431. The van der Waals surface area contributed by atoms with Crippen LogP contribution in [0.4, 0.5) is 0 Å². The normalized spacial score (nSPS) is 20.7. The summed E-state index contributed by atoms with van der Waals surface area (Å²) in [6.45, 7) is -0.0806. The number of nitrogens with one attached hydrogen (secondary N) is 1. The Labute approximate surface area is 92.5 Å². The molecule has 1 atom stereocenters. The molecule has 2 amide bonds. The molecule has 1 fully saturated rings. The minimum Gasteiger partial charge on any atom is -0.392 e. The van der Waals surface area contributed by atoms with Crippen molar-refractivity contribution in [3.05, 3.63) is 29.6 Å². The fraction of sp³-hybridized carbons (Fsp3) is 0.364. The molecule has 1 aliphatic heterocycles. The average Bonchev–Trinajstić information content (AvgIpc) is 2.29. The molecule has 0 saturated carbocycles. The van der Waals surface area contributed by atoms with Crippen LogP contribution in [0.5, 0.6) is 0 Å². The first-order valence-electron chi connectivity index (χ1n) is 5.10. The van der Waals surface area contributed by atoms with Crippen molar-refractivity contribution < 1.29 is 14.7 Å². The van der Waals surface area contributed by atoms with Crippen LogP contribution < -0.4 is 5.32 Å². The van der Waals surface area contributed by atoms with E-state index in [2.05, 4.69) is 10.3 Å². The molecule has 5 nitrogen and oxygen atoms in total. The van der Waals surface area contributed by atoms with E-state index in [0.717, 1.165) is 5.56 Å². The van der Waals surface area contributed by atoms with Crippen molar-refractivity contribution in [3.63, 3.8) is 0 Å². The van der Waals surface area contributed by atoms with E-state index >= 15 is 0 Å². The van der Waals surface area contributed by atoms with Crippen molar-refractivity contribution >= 4 is 11.8 Å². The molecule has 0 spiro atoms. The van der Waals surface area contributed by atoms with Gasteiger partial charge in [0.2, 0.25) is 11.8 Å². The van der Waals surface area contributed by atoms with Gasteiger partial charge in [-0.2, -0.15) is 0 Å². The number of hydrogen-bond donors (Lipinski definition) is 2. The van der Waals surface area contributed by atoms with Gasteiger partial charge in [0.05, 0.1) is 18.2 Å². The molecular weight excluding hydrogens is 208 g/mol. The van der Waals surface area contributed by atoms with Gasteiger partial charge in [-0.15, -0.1) is 0 Å². The fourth-order valence-electron chi connectivity index (χ4n) is 1.76. The van der Waals surface area contributed by atoms with Crippen LogP contribution in [0.1, 0.15) is 30.0 Å². The number of aliphatic hydroxyl groups excluding tert-OH is 1. The number of carbonyl (C=O) groups is 2. The van der Waals surface area contributed by atoms with Crippen molar-refractivity contribution in [2.45, 2.75) is 25.4 Å². The highest BCUT2D eigenvalue weighted by atomic mass is 16.3. The lowest BCUT2D eigenvalue weighted by atomic mass is 9.93. The molecule has 5 heteroatoms. The van der Waals surface area contributed by atoms with Crippen LogP contribution in [0.3, 0.4) is 0 Å². The third-order valence-electron chi connectivity index (χ3n) is 2.62. The van der Waals surface area contributed by atoms with Gasteiger partial charge in [0.15, 0.2) is 0 Å². The largest absolute Gasteiger partial charge is 0.392 e. The Balaban J connectivity index is 2.23. The molecule has 16 heavy (non-hydrogen) atoms. The molecule has 0 aromatic carbocycles. The van der Waals surface area contributed by atoms with Gasteiger partial charge >= 0.3 is 0 Å². The Morgan fingerprint density at radius 2 is 2.31 bits per heavy atom. The first kappa shape index (κ1) is 10.8. The standard InChI is InChI=1S/C11H12N2O3/c14-6-7-3-4-12-9(5-7)8-1-2-10(15)13-11(8)16/h3-5,8,14H,1-2,6H2,(H,13,15,16). The first-order valence-corrected chi connectivity index (χ1v) is 5.10. The summed E-state index contributed by atoms with van der Waals surface area (Å²) >= 11 is 0. The quantitative estimate of drug-likeness (QED) is 0.692. The number of hydrogen-bond acceptors (Lipinski definition) is 4. The second kappa shape index (κ2) is 4.40.